The smallest absolute Gasteiger partial charge is 0.326 e. The molecule has 0 saturated carbocycles. The van der Waals surface area contributed by atoms with Crippen molar-refractivity contribution in [1.82, 2.24) is 4.57 Å². The van der Waals surface area contributed by atoms with Gasteiger partial charge in [-0.3, -0.25) is 19.7 Å². The molecule has 0 N–H and O–H groups in total. The van der Waals surface area contributed by atoms with E-state index in [4.69, 9.17) is 4.74 Å². The van der Waals surface area contributed by atoms with E-state index in [1.54, 1.807) is 6.92 Å². The summed E-state index contributed by atoms with van der Waals surface area (Å²) in [5.41, 5.74) is -0.848. The number of esters is 1. The molecule has 1 aromatic heterocycles. The predicted octanol–water partition coefficient (Wildman–Crippen LogP) is 3.19. The first-order valence-electron chi connectivity index (χ1n) is 8.28. The number of ether oxygens (including phenoxy) is 1. The van der Waals surface area contributed by atoms with E-state index < -0.39 is 40.7 Å². The van der Waals surface area contributed by atoms with Crippen molar-refractivity contribution in [2.75, 3.05) is 6.61 Å². The van der Waals surface area contributed by atoms with Gasteiger partial charge in [0.25, 0.3) is 11.6 Å². The van der Waals surface area contributed by atoms with Gasteiger partial charge in [0, 0.05) is 12.1 Å². The Morgan fingerprint density at radius 3 is 2.69 bits per heavy atom. The number of nitrogens with zero attached hydrogens (tertiary/aromatic N) is 3. The lowest BCUT2D eigenvalue weighted by Crippen LogP contribution is -2.23. The number of nitro groups is 1. The predicted molar refractivity (Wildman–Crippen MR) is 99.4 cm³/mol. The molecule has 8 nitrogen and oxygen atoms in total. The molecule has 3 aromatic rings. The van der Waals surface area contributed by atoms with Crippen LogP contribution in [0.3, 0.4) is 0 Å². The number of rotatable bonds is 5. The first-order chi connectivity index (χ1) is 13.8. The molecule has 0 fully saturated rings. The number of aromatic nitrogens is 1. The van der Waals surface area contributed by atoms with Gasteiger partial charge in [0.05, 0.1) is 21.7 Å². The summed E-state index contributed by atoms with van der Waals surface area (Å²) in [4.78, 5) is 38.6. The minimum absolute atomic E-state index is 0.0835. The monoisotopic (exact) mass is 421 g/mol. The van der Waals surface area contributed by atoms with Gasteiger partial charge in [0.1, 0.15) is 17.9 Å². The zero-order valence-electron chi connectivity index (χ0n) is 14.9. The van der Waals surface area contributed by atoms with Gasteiger partial charge in [0.2, 0.25) is 0 Å². The summed E-state index contributed by atoms with van der Waals surface area (Å²) in [6, 6.07) is 6.89. The number of hydrogen-bond acceptors (Lipinski definition) is 6. The molecule has 150 valence electrons. The molecule has 0 radical (unpaired) electrons. The van der Waals surface area contributed by atoms with E-state index in [1.165, 1.54) is 18.2 Å². The lowest BCUT2D eigenvalue weighted by molar-refractivity contribution is -0.385. The van der Waals surface area contributed by atoms with Gasteiger partial charge in [-0.2, -0.15) is 4.99 Å². The van der Waals surface area contributed by atoms with E-state index in [0.717, 1.165) is 28.0 Å². The van der Waals surface area contributed by atoms with Crippen molar-refractivity contribution in [2.24, 2.45) is 4.99 Å². The lowest BCUT2D eigenvalue weighted by Gasteiger charge is -2.06. The molecule has 1 heterocycles. The van der Waals surface area contributed by atoms with Crippen molar-refractivity contribution in [1.29, 1.82) is 0 Å². The fraction of sp³-hybridized carbons (Fsp3) is 0.167. The molecule has 29 heavy (non-hydrogen) atoms. The van der Waals surface area contributed by atoms with Gasteiger partial charge in [-0.1, -0.05) is 23.5 Å². The Morgan fingerprint density at radius 1 is 1.28 bits per heavy atom. The molecule has 2 aromatic carbocycles. The third-order valence-electron chi connectivity index (χ3n) is 3.82. The minimum Gasteiger partial charge on any atom is -0.465 e. The van der Waals surface area contributed by atoms with Crippen LogP contribution in [-0.4, -0.2) is 28.0 Å². The number of carbonyl (C=O) groups excluding carboxylic acids is 2. The molecule has 0 aliphatic carbocycles. The minimum atomic E-state index is -0.956. The average molecular weight is 421 g/mol. The van der Waals surface area contributed by atoms with E-state index in [0.29, 0.717) is 6.07 Å². The molecule has 0 aliphatic heterocycles. The largest absolute Gasteiger partial charge is 0.465 e. The summed E-state index contributed by atoms with van der Waals surface area (Å²) in [7, 11) is 0. The highest BCUT2D eigenvalue weighted by atomic mass is 32.1. The quantitative estimate of drug-likeness (QED) is 0.358. The molecular weight excluding hydrogens is 408 g/mol. The summed E-state index contributed by atoms with van der Waals surface area (Å²) in [5, 5.41) is 11.1. The number of hydrogen-bond donors (Lipinski definition) is 0. The van der Waals surface area contributed by atoms with Crippen molar-refractivity contribution in [3.63, 3.8) is 0 Å². The normalized spacial score (nSPS) is 11.6. The number of para-hydroxylation sites is 1. The zero-order valence-corrected chi connectivity index (χ0v) is 15.7. The van der Waals surface area contributed by atoms with Crippen LogP contribution in [0.15, 0.2) is 41.4 Å². The van der Waals surface area contributed by atoms with Gasteiger partial charge in [-0.25, -0.2) is 8.78 Å². The van der Waals surface area contributed by atoms with E-state index in [2.05, 4.69) is 4.99 Å². The highest BCUT2D eigenvalue weighted by Crippen LogP contribution is 2.23. The fourth-order valence-electron chi connectivity index (χ4n) is 2.66. The molecule has 0 spiro atoms. The summed E-state index contributed by atoms with van der Waals surface area (Å²) in [6.07, 6.45) is 0. The van der Waals surface area contributed by atoms with Crippen LogP contribution in [0.5, 0.6) is 0 Å². The molecule has 0 atom stereocenters. The number of nitro benzene ring substituents is 1. The zero-order chi connectivity index (χ0) is 21.1. The van der Waals surface area contributed by atoms with Gasteiger partial charge in [-0.15, -0.1) is 0 Å². The van der Waals surface area contributed by atoms with Crippen molar-refractivity contribution >= 4 is 39.1 Å². The Balaban J connectivity index is 2.20. The summed E-state index contributed by atoms with van der Waals surface area (Å²) < 4.78 is 34.0. The van der Waals surface area contributed by atoms with E-state index in [-0.39, 0.29) is 27.2 Å². The molecule has 0 bridgehead atoms. The van der Waals surface area contributed by atoms with E-state index in [9.17, 15) is 28.5 Å². The number of thiazole rings is 1. The standard InChI is InChI=1S/C18H13F2N3O5S/c1-2-28-15(24)9-22-16-12(20)7-10(19)8-14(16)29-18(22)21-17(25)11-5-3-4-6-13(11)23(26)27/h3-8H,2,9H2,1H3. The third kappa shape index (κ3) is 4.19. The Labute approximate surface area is 165 Å². The maximum atomic E-state index is 14.4. The third-order valence-corrected chi connectivity index (χ3v) is 4.84. The van der Waals surface area contributed by atoms with Crippen LogP contribution in [0, 0.1) is 21.7 Å². The first kappa shape index (κ1) is 20.3. The molecule has 3 rings (SSSR count). The SMILES string of the molecule is CCOC(=O)Cn1c(=NC(=O)c2ccccc2[N+](=O)[O-])sc2cc(F)cc(F)c21. The van der Waals surface area contributed by atoms with Crippen LogP contribution in [0.25, 0.3) is 10.2 Å². The first-order valence-corrected chi connectivity index (χ1v) is 9.10. The van der Waals surface area contributed by atoms with Crippen molar-refractivity contribution in [3.05, 3.63) is 68.5 Å². The molecule has 1 amide bonds. The van der Waals surface area contributed by atoms with Gasteiger partial charge in [-0.05, 0) is 19.1 Å². The van der Waals surface area contributed by atoms with Crippen LogP contribution in [0.1, 0.15) is 17.3 Å². The van der Waals surface area contributed by atoms with Crippen LogP contribution >= 0.6 is 11.3 Å². The Bertz CT molecular complexity index is 1200. The van der Waals surface area contributed by atoms with Crippen molar-refractivity contribution < 1.29 is 28.0 Å². The Morgan fingerprint density at radius 2 is 2.00 bits per heavy atom. The van der Waals surface area contributed by atoms with Crippen LogP contribution < -0.4 is 4.80 Å². The number of amides is 1. The fourth-order valence-corrected chi connectivity index (χ4v) is 3.72. The van der Waals surface area contributed by atoms with E-state index in [1.807, 2.05) is 0 Å². The van der Waals surface area contributed by atoms with Crippen LogP contribution in [-0.2, 0) is 16.1 Å². The average Bonchev–Trinajstić information content (AvgIpc) is 2.98. The highest BCUT2D eigenvalue weighted by Gasteiger charge is 2.21. The van der Waals surface area contributed by atoms with Gasteiger partial charge in [0.15, 0.2) is 10.6 Å². The summed E-state index contributed by atoms with van der Waals surface area (Å²) in [5.74, 6) is -3.45. The highest BCUT2D eigenvalue weighted by molar-refractivity contribution is 7.16. The number of benzene rings is 2. The number of fused-ring (bicyclic) bond motifs is 1. The van der Waals surface area contributed by atoms with Crippen molar-refractivity contribution in [3.8, 4) is 0 Å². The lowest BCUT2D eigenvalue weighted by atomic mass is 10.2. The molecule has 0 aliphatic rings. The topological polar surface area (TPSA) is 104 Å². The summed E-state index contributed by atoms with van der Waals surface area (Å²) >= 11 is 0.767. The van der Waals surface area contributed by atoms with Crippen molar-refractivity contribution in [2.45, 2.75) is 13.5 Å². The summed E-state index contributed by atoms with van der Waals surface area (Å²) in [6.45, 7) is 1.20. The van der Waals surface area contributed by atoms with Gasteiger partial charge >= 0.3 is 5.97 Å². The van der Waals surface area contributed by atoms with Crippen LogP contribution in [0.4, 0.5) is 14.5 Å². The molecule has 0 saturated heterocycles. The van der Waals surface area contributed by atoms with Gasteiger partial charge < -0.3 is 9.30 Å². The Hall–Kier alpha value is -3.47. The number of halogens is 2. The second-order valence-corrected chi connectivity index (χ2v) is 6.71. The number of carbonyl (C=O) groups is 2. The molecular formula is C18H13F2N3O5S. The molecule has 0 unspecified atom stereocenters. The second-order valence-electron chi connectivity index (χ2n) is 5.70. The van der Waals surface area contributed by atoms with Crippen LogP contribution in [0.2, 0.25) is 0 Å². The maximum absolute atomic E-state index is 14.4. The maximum Gasteiger partial charge on any atom is 0.326 e. The Kier molecular flexibility index (Phi) is 5.78. The van der Waals surface area contributed by atoms with E-state index >= 15 is 0 Å². The molecule has 11 heteroatoms. The second kappa shape index (κ2) is 8.27.